The molecule has 0 saturated heterocycles. The Hall–Kier alpha value is -0.280. The van der Waals surface area contributed by atoms with Crippen LogP contribution in [0.15, 0.2) is 0 Å². The molecule has 4 aliphatic carbocycles. The van der Waals surface area contributed by atoms with E-state index in [1.54, 1.807) is 0 Å². The van der Waals surface area contributed by atoms with E-state index in [0.717, 1.165) is 24.7 Å². The topological polar surface area (TPSA) is 52.3 Å². The van der Waals surface area contributed by atoms with Crippen LogP contribution in [0.1, 0.15) is 32.1 Å². The highest BCUT2D eigenvalue weighted by Gasteiger charge is 2.58. The van der Waals surface area contributed by atoms with E-state index < -0.39 is 0 Å². The molecule has 0 amide bonds. The third kappa shape index (κ3) is 1.56. The first-order valence-electron chi connectivity index (χ1n) is 5.99. The quantitative estimate of drug-likeness (QED) is 0.716. The van der Waals surface area contributed by atoms with Crippen molar-refractivity contribution in [2.75, 3.05) is 7.11 Å². The zero-order valence-electron chi connectivity index (χ0n) is 9.65. The molecule has 3 nitrogen and oxygen atoms in total. The van der Waals surface area contributed by atoms with Crippen LogP contribution in [0.3, 0.4) is 0 Å². The van der Waals surface area contributed by atoms with Crippen LogP contribution < -0.4 is 5.73 Å². The molecular formula is C12H20ClNO2. The molecule has 4 heteroatoms. The number of halogens is 1. The molecule has 16 heavy (non-hydrogen) atoms. The fraction of sp³-hybridized carbons (Fsp3) is 0.917. The van der Waals surface area contributed by atoms with E-state index in [0.29, 0.717) is 5.92 Å². The molecule has 0 heterocycles. The van der Waals surface area contributed by atoms with Gasteiger partial charge in [-0.1, -0.05) is 0 Å². The lowest BCUT2D eigenvalue weighted by molar-refractivity contribution is -0.161. The standard InChI is InChI=1S/C12H19NO2.ClH/c1-15-11(14)10-9-3-7-2-8(4-9)6-12(10,13)5-7;/h7-10H,2-6,13H2,1H3;1H. The smallest absolute Gasteiger partial charge is 0.310 e. The van der Waals surface area contributed by atoms with Crippen LogP contribution in [0.5, 0.6) is 0 Å². The predicted octanol–water partition coefficient (Wildman–Crippen LogP) is 1.73. The Kier molecular flexibility index (Phi) is 2.96. The minimum atomic E-state index is -0.234. The second-order valence-electron chi connectivity index (χ2n) is 5.84. The summed E-state index contributed by atoms with van der Waals surface area (Å²) in [7, 11) is 1.48. The van der Waals surface area contributed by atoms with Gasteiger partial charge in [-0.25, -0.2) is 0 Å². The maximum atomic E-state index is 11.8. The van der Waals surface area contributed by atoms with E-state index in [2.05, 4.69) is 0 Å². The number of hydrogen-bond donors (Lipinski definition) is 1. The van der Waals surface area contributed by atoms with Gasteiger partial charge in [0.2, 0.25) is 0 Å². The van der Waals surface area contributed by atoms with Crippen LogP contribution in [0.2, 0.25) is 0 Å². The van der Waals surface area contributed by atoms with Crippen molar-refractivity contribution in [2.45, 2.75) is 37.6 Å². The first kappa shape index (κ1) is 12.2. The van der Waals surface area contributed by atoms with Gasteiger partial charge in [-0.15, -0.1) is 12.4 Å². The number of methoxy groups -OCH3 is 1. The number of carbonyl (C=O) groups excluding carboxylic acids is 1. The summed E-state index contributed by atoms with van der Waals surface area (Å²) in [5, 5.41) is 0. The predicted molar refractivity (Wildman–Crippen MR) is 63.2 cm³/mol. The first-order chi connectivity index (χ1) is 7.12. The summed E-state index contributed by atoms with van der Waals surface area (Å²) in [5.74, 6) is 1.99. The van der Waals surface area contributed by atoms with Crippen LogP contribution in [0.25, 0.3) is 0 Å². The second kappa shape index (κ2) is 3.88. The molecule has 0 spiro atoms. The van der Waals surface area contributed by atoms with Crippen LogP contribution >= 0.6 is 12.4 Å². The normalized spacial score (nSPS) is 48.6. The molecule has 0 aromatic carbocycles. The molecule has 0 aliphatic heterocycles. The van der Waals surface area contributed by atoms with Gasteiger partial charge in [0.25, 0.3) is 0 Å². The molecular weight excluding hydrogens is 226 g/mol. The van der Waals surface area contributed by atoms with Crippen molar-refractivity contribution in [3.05, 3.63) is 0 Å². The van der Waals surface area contributed by atoms with Crippen molar-refractivity contribution in [2.24, 2.45) is 29.4 Å². The fourth-order valence-electron chi connectivity index (χ4n) is 4.66. The lowest BCUT2D eigenvalue weighted by Gasteiger charge is -2.58. The summed E-state index contributed by atoms with van der Waals surface area (Å²) in [5.41, 5.74) is 6.21. The molecule has 4 aliphatic rings. The molecule has 4 saturated carbocycles. The monoisotopic (exact) mass is 245 g/mol. The van der Waals surface area contributed by atoms with Crippen molar-refractivity contribution >= 4 is 18.4 Å². The van der Waals surface area contributed by atoms with Gasteiger partial charge < -0.3 is 10.5 Å². The third-order valence-electron chi connectivity index (χ3n) is 4.82. The lowest BCUT2D eigenvalue weighted by atomic mass is 9.48. The Morgan fingerprint density at radius 3 is 2.25 bits per heavy atom. The van der Waals surface area contributed by atoms with Gasteiger partial charge in [-0.05, 0) is 49.9 Å². The Bertz CT molecular complexity index is 293. The summed E-state index contributed by atoms with van der Waals surface area (Å²) in [6, 6.07) is 0. The highest BCUT2D eigenvalue weighted by molar-refractivity contribution is 5.85. The Labute approximate surface area is 103 Å². The molecule has 0 aromatic rings. The van der Waals surface area contributed by atoms with Gasteiger partial charge in [0.15, 0.2) is 0 Å². The van der Waals surface area contributed by atoms with Crippen molar-refractivity contribution < 1.29 is 9.53 Å². The van der Waals surface area contributed by atoms with Gasteiger partial charge in [-0.3, -0.25) is 4.79 Å². The minimum Gasteiger partial charge on any atom is -0.469 e. The van der Waals surface area contributed by atoms with Gasteiger partial charge in [-0.2, -0.15) is 0 Å². The second-order valence-corrected chi connectivity index (χ2v) is 5.84. The highest BCUT2D eigenvalue weighted by Crippen LogP contribution is 2.57. The lowest BCUT2D eigenvalue weighted by Crippen LogP contribution is -2.64. The van der Waals surface area contributed by atoms with Crippen LogP contribution in [-0.4, -0.2) is 18.6 Å². The SMILES string of the molecule is COC(=O)C1C2CC3CC(C2)CC1(N)C3.Cl. The van der Waals surface area contributed by atoms with Crippen molar-refractivity contribution in [1.29, 1.82) is 0 Å². The van der Waals surface area contributed by atoms with Gasteiger partial charge >= 0.3 is 5.97 Å². The van der Waals surface area contributed by atoms with Gasteiger partial charge in [0.1, 0.15) is 0 Å². The number of rotatable bonds is 1. The zero-order chi connectivity index (χ0) is 10.6. The maximum Gasteiger partial charge on any atom is 0.310 e. The maximum absolute atomic E-state index is 11.8. The van der Waals surface area contributed by atoms with Crippen LogP contribution in [0, 0.1) is 23.7 Å². The van der Waals surface area contributed by atoms with E-state index in [4.69, 9.17) is 10.5 Å². The summed E-state index contributed by atoms with van der Waals surface area (Å²) < 4.78 is 4.92. The number of carbonyl (C=O) groups is 1. The minimum absolute atomic E-state index is 0. The molecule has 4 rings (SSSR count). The molecule has 3 unspecified atom stereocenters. The average Bonchev–Trinajstić information content (AvgIpc) is 2.14. The van der Waals surface area contributed by atoms with E-state index in [-0.39, 0.29) is 29.8 Å². The zero-order valence-corrected chi connectivity index (χ0v) is 10.5. The average molecular weight is 246 g/mol. The van der Waals surface area contributed by atoms with Crippen molar-refractivity contribution in [3.63, 3.8) is 0 Å². The number of ether oxygens (including phenoxy) is 1. The third-order valence-corrected chi connectivity index (χ3v) is 4.82. The molecule has 4 bridgehead atoms. The molecule has 3 atom stereocenters. The molecule has 4 fully saturated rings. The van der Waals surface area contributed by atoms with E-state index in [9.17, 15) is 4.79 Å². The van der Waals surface area contributed by atoms with Gasteiger partial charge in [0, 0.05) is 5.54 Å². The van der Waals surface area contributed by atoms with Crippen LogP contribution in [0.4, 0.5) is 0 Å². The first-order valence-corrected chi connectivity index (χ1v) is 5.99. The summed E-state index contributed by atoms with van der Waals surface area (Å²) >= 11 is 0. The van der Waals surface area contributed by atoms with E-state index in [1.807, 2.05) is 0 Å². The highest BCUT2D eigenvalue weighted by atomic mass is 35.5. The van der Waals surface area contributed by atoms with E-state index >= 15 is 0 Å². The fourth-order valence-corrected chi connectivity index (χ4v) is 4.66. The Morgan fingerprint density at radius 1 is 1.25 bits per heavy atom. The van der Waals surface area contributed by atoms with Crippen molar-refractivity contribution in [3.8, 4) is 0 Å². The number of nitrogens with two attached hydrogens (primary N) is 1. The summed E-state index contributed by atoms with van der Waals surface area (Å²) in [6.45, 7) is 0. The molecule has 0 aromatic heterocycles. The molecule has 2 N–H and O–H groups in total. The largest absolute Gasteiger partial charge is 0.469 e. The molecule has 92 valence electrons. The number of hydrogen-bond acceptors (Lipinski definition) is 3. The van der Waals surface area contributed by atoms with Gasteiger partial charge in [0.05, 0.1) is 13.0 Å². The number of esters is 1. The Balaban J connectivity index is 0.000000963. The van der Waals surface area contributed by atoms with Crippen LogP contribution in [-0.2, 0) is 9.53 Å². The molecule has 0 radical (unpaired) electrons. The summed E-state index contributed by atoms with van der Waals surface area (Å²) in [4.78, 5) is 11.8. The van der Waals surface area contributed by atoms with Crippen molar-refractivity contribution in [1.82, 2.24) is 0 Å². The van der Waals surface area contributed by atoms with E-state index in [1.165, 1.54) is 26.4 Å². The Morgan fingerprint density at radius 2 is 1.81 bits per heavy atom. The summed E-state index contributed by atoms with van der Waals surface area (Å²) in [6.07, 6.45) is 5.84.